The number of carbonyl (C=O) groups is 1. The summed E-state index contributed by atoms with van der Waals surface area (Å²) in [5.74, 6) is -8.90. The molecule has 0 aliphatic heterocycles. The maximum Gasteiger partial charge on any atom is 0.355 e. The molecule has 2 aromatic heterocycles. The van der Waals surface area contributed by atoms with E-state index in [4.69, 9.17) is 5.26 Å². The van der Waals surface area contributed by atoms with Crippen LogP contribution in [0.15, 0.2) is 41.3 Å². The summed E-state index contributed by atoms with van der Waals surface area (Å²) >= 11 is 0. The van der Waals surface area contributed by atoms with Gasteiger partial charge in [-0.15, -0.1) is 0 Å². The molecule has 0 spiro atoms. The summed E-state index contributed by atoms with van der Waals surface area (Å²) in [5.41, 5.74) is -2.49. The van der Waals surface area contributed by atoms with Crippen LogP contribution < -0.4 is 10.9 Å². The standard InChI is InChI=1S/C19H12F4N4O2/c1-9(15-6-10(8-24)4-5-25-15)26-18(29)19(22,23)12-7-11-14(27-17(12)28)3-2-13(20)16(11)21/h2-7,9H,1H3,(H,26,29)(H,27,28)/t9-/m1/s1. The summed E-state index contributed by atoms with van der Waals surface area (Å²) in [6.07, 6.45) is 1.28. The number of alkyl halides is 2. The van der Waals surface area contributed by atoms with Crippen molar-refractivity contribution in [2.45, 2.75) is 18.9 Å². The van der Waals surface area contributed by atoms with E-state index in [-0.39, 0.29) is 16.8 Å². The van der Waals surface area contributed by atoms with Crippen LogP contribution in [0, 0.1) is 23.0 Å². The molecule has 0 bridgehead atoms. The van der Waals surface area contributed by atoms with Gasteiger partial charge in [-0.05, 0) is 37.3 Å². The normalized spacial score (nSPS) is 12.4. The van der Waals surface area contributed by atoms with E-state index in [2.05, 4.69) is 4.98 Å². The molecule has 148 valence electrons. The Morgan fingerprint density at radius 1 is 1.28 bits per heavy atom. The van der Waals surface area contributed by atoms with E-state index < -0.39 is 46.0 Å². The highest BCUT2D eigenvalue weighted by atomic mass is 19.3. The topological polar surface area (TPSA) is 98.6 Å². The Labute approximate surface area is 160 Å². The predicted molar refractivity (Wildman–Crippen MR) is 93.9 cm³/mol. The molecule has 1 atom stereocenters. The number of nitrogens with zero attached hydrogens (tertiary/aromatic N) is 2. The lowest BCUT2D eigenvalue weighted by Gasteiger charge is -2.20. The molecule has 10 heteroatoms. The molecular weight excluding hydrogens is 392 g/mol. The molecule has 0 saturated heterocycles. The van der Waals surface area contributed by atoms with Crippen molar-refractivity contribution in [3.63, 3.8) is 0 Å². The Balaban J connectivity index is 1.96. The number of fused-ring (bicyclic) bond motifs is 1. The van der Waals surface area contributed by atoms with E-state index in [1.807, 2.05) is 16.4 Å². The van der Waals surface area contributed by atoms with Gasteiger partial charge in [-0.3, -0.25) is 14.6 Å². The zero-order valence-electron chi connectivity index (χ0n) is 14.8. The fourth-order valence-corrected chi connectivity index (χ4v) is 2.69. The fourth-order valence-electron chi connectivity index (χ4n) is 2.69. The van der Waals surface area contributed by atoms with Gasteiger partial charge in [-0.25, -0.2) is 8.78 Å². The third-order valence-corrected chi connectivity index (χ3v) is 4.24. The number of hydrogen-bond acceptors (Lipinski definition) is 4. The molecule has 0 fully saturated rings. The van der Waals surface area contributed by atoms with Crippen molar-refractivity contribution >= 4 is 16.8 Å². The summed E-state index contributed by atoms with van der Waals surface area (Å²) in [6, 6.07) is 5.75. The van der Waals surface area contributed by atoms with E-state index in [0.717, 1.165) is 12.1 Å². The molecule has 29 heavy (non-hydrogen) atoms. The first-order valence-corrected chi connectivity index (χ1v) is 8.21. The van der Waals surface area contributed by atoms with Gasteiger partial charge in [-0.2, -0.15) is 14.0 Å². The highest BCUT2D eigenvalue weighted by molar-refractivity contribution is 5.87. The zero-order chi connectivity index (χ0) is 21.3. The molecule has 0 aliphatic carbocycles. The molecule has 0 aliphatic rings. The fraction of sp³-hybridized carbons (Fsp3) is 0.158. The number of benzene rings is 1. The summed E-state index contributed by atoms with van der Waals surface area (Å²) in [5, 5.41) is 10.3. The molecule has 3 aromatic rings. The SMILES string of the molecule is C[C@@H](NC(=O)C(F)(F)c1cc2c(F)c(F)ccc2[nH]c1=O)c1cc(C#N)ccn1. The predicted octanol–water partition coefficient (Wildman–Crippen LogP) is 3.04. The van der Waals surface area contributed by atoms with Crippen molar-refractivity contribution in [2.75, 3.05) is 0 Å². The van der Waals surface area contributed by atoms with Gasteiger partial charge < -0.3 is 10.3 Å². The minimum atomic E-state index is -4.35. The number of halogens is 4. The van der Waals surface area contributed by atoms with Crippen LogP contribution >= 0.6 is 0 Å². The Morgan fingerprint density at radius 2 is 2.00 bits per heavy atom. The van der Waals surface area contributed by atoms with Gasteiger partial charge in [0.15, 0.2) is 11.6 Å². The molecule has 2 N–H and O–H groups in total. The number of hydrogen-bond donors (Lipinski definition) is 2. The number of nitrogens with one attached hydrogen (secondary N) is 2. The van der Waals surface area contributed by atoms with E-state index in [1.54, 1.807) is 0 Å². The lowest BCUT2D eigenvalue weighted by Crippen LogP contribution is -2.42. The summed E-state index contributed by atoms with van der Waals surface area (Å²) in [6.45, 7) is 1.36. The largest absolute Gasteiger partial charge is 0.355 e. The Kier molecular flexibility index (Phi) is 5.07. The highest BCUT2D eigenvalue weighted by Crippen LogP contribution is 2.29. The maximum atomic E-state index is 14.7. The first-order valence-electron chi connectivity index (χ1n) is 8.21. The maximum absolute atomic E-state index is 14.7. The molecular formula is C19H12F4N4O2. The number of aromatic amines is 1. The van der Waals surface area contributed by atoms with Crippen molar-refractivity contribution < 1.29 is 22.4 Å². The van der Waals surface area contributed by atoms with Crippen LogP contribution in [0.2, 0.25) is 0 Å². The Bertz CT molecular complexity index is 1220. The number of rotatable bonds is 4. The minimum Gasteiger partial charge on any atom is -0.342 e. The van der Waals surface area contributed by atoms with Crippen molar-refractivity contribution in [1.82, 2.24) is 15.3 Å². The van der Waals surface area contributed by atoms with Crippen LogP contribution in [0.3, 0.4) is 0 Å². The molecule has 0 unspecified atom stereocenters. The average molecular weight is 404 g/mol. The minimum absolute atomic E-state index is 0.147. The first-order chi connectivity index (χ1) is 13.6. The number of H-pyrrole nitrogens is 1. The molecule has 1 amide bonds. The lowest BCUT2D eigenvalue weighted by atomic mass is 10.1. The number of amides is 1. The van der Waals surface area contributed by atoms with Gasteiger partial charge in [-0.1, -0.05) is 0 Å². The summed E-state index contributed by atoms with van der Waals surface area (Å²) in [4.78, 5) is 30.1. The monoisotopic (exact) mass is 404 g/mol. The van der Waals surface area contributed by atoms with Gasteiger partial charge in [0.25, 0.3) is 11.5 Å². The highest BCUT2D eigenvalue weighted by Gasteiger charge is 2.44. The molecule has 1 aromatic carbocycles. The Morgan fingerprint density at radius 3 is 2.69 bits per heavy atom. The number of carbonyl (C=O) groups excluding carboxylic acids is 1. The van der Waals surface area contributed by atoms with Crippen molar-refractivity contribution in [3.8, 4) is 6.07 Å². The summed E-state index contributed by atoms with van der Waals surface area (Å²) in [7, 11) is 0. The smallest absolute Gasteiger partial charge is 0.342 e. The number of nitriles is 1. The summed E-state index contributed by atoms with van der Waals surface area (Å²) < 4.78 is 56.7. The van der Waals surface area contributed by atoms with E-state index in [1.165, 1.54) is 25.3 Å². The second-order valence-corrected chi connectivity index (χ2v) is 6.19. The number of pyridine rings is 2. The van der Waals surface area contributed by atoms with Gasteiger partial charge in [0, 0.05) is 11.6 Å². The van der Waals surface area contributed by atoms with Crippen LogP contribution in [-0.4, -0.2) is 15.9 Å². The van der Waals surface area contributed by atoms with E-state index in [0.29, 0.717) is 6.07 Å². The Hall–Kier alpha value is -3.74. The van der Waals surface area contributed by atoms with Crippen LogP contribution in [0.1, 0.15) is 29.8 Å². The van der Waals surface area contributed by atoms with Crippen molar-refractivity contribution in [2.24, 2.45) is 0 Å². The first kappa shape index (κ1) is 20.0. The molecule has 0 saturated carbocycles. The van der Waals surface area contributed by atoms with Gasteiger partial charge in [0.05, 0.1) is 34.4 Å². The third kappa shape index (κ3) is 3.67. The van der Waals surface area contributed by atoms with Crippen molar-refractivity contribution in [3.05, 3.63) is 75.3 Å². The molecule has 3 rings (SSSR count). The lowest BCUT2D eigenvalue weighted by molar-refractivity contribution is -0.148. The molecule has 2 heterocycles. The van der Waals surface area contributed by atoms with Crippen LogP contribution in [0.5, 0.6) is 0 Å². The van der Waals surface area contributed by atoms with Gasteiger partial charge in [0.1, 0.15) is 0 Å². The third-order valence-electron chi connectivity index (χ3n) is 4.24. The van der Waals surface area contributed by atoms with Crippen LogP contribution in [0.4, 0.5) is 17.6 Å². The van der Waals surface area contributed by atoms with Gasteiger partial charge >= 0.3 is 5.92 Å². The zero-order valence-corrected chi connectivity index (χ0v) is 14.8. The quantitative estimate of drug-likeness (QED) is 0.653. The number of aromatic nitrogens is 2. The molecule has 0 radical (unpaired) electrons. The van der Waals surface area contributed by atoms with E-state index >= 15 is 0 Å². The van der Waals surface area contributed by atoms with Gasteiger partial charge in [0.2, 0.25) is 0 Å². The second kappa shape index (κ2) is 7.35. The molecule has 6 nitrogen and oxygen atoms in total. The van der Waals surface area contributed by atoms with Crippen LogP contribution in [0.25, 0.3) is 10.9 Å². The van der Waals surface area contributed by atoms with Crippen molar-refractivity contribution in [1.29, 1.82) is 5.26 Å². The second-order valence-electron chi connectivity index (χ2n) is 6.19. The average Bonchev–Trinajstić information content (AvgIpc) is 2.70. The van der Waals surface area contributed by atoms with Crippen LogP contribution in [-0.2, 0) is 10.7 Å². The van der Waals surface area contributed by atoms with E-state index in [9.17, 15) is 27.2 Å².